The van der Waals surface area contributed by atoms with Crippen molar-refractivity contribution in [3.63, 3.8) is 0 Å². The van der Waals surface area contributed by atoms with Crippen molar-refractivity contribution in [3.05, 3.63) is 42.4 Å². The zero-order valence-corrected chi connectivity index (χ0v) is 10.9. The molecule has 0 atom stereocenters. The second kappa shape index (κ2) is 5.49. The molecule has 2 N–H and O–H groups in total. The first kappa shape index (κ1) is 12.3. The Hall–Kier alpha value is -2.74. The van der Waals surface area contributed by atoms with Gasteiger partial charge in [0.1, 0.15) is 16.8 Å². The molecule has 0 bridgehead atoms. The molecule has 100 valence electrons. The summed E-state index contributed by atoms with van der Waals surface area (Å²) in [6.07, 6.45) is 2.93. The topological polar surface area (TPSA) is 92.4 Å². The Kier molecular flexibility index (Phi) is 3.38. The Morgan fingerprint density at radius 2 is 2.25 bits per heavy atom. The molecule has 0 aliphatic heterocycles. The summed E-state index contributed by atoms with van der Waals surface area (Å²) in [6, 6.07) is 8.37. The highest BCUT2D eigenvalue weighted by molar-refractivity contribution is 7.00. The first-order chi connectivity index (χ1) is 9.83. The number of nitrogens with one attached hydrogen (secondary N) is 2. The summed E-state index contributed by atoms with van der Waals surface area (Å²) in [5, 5.41) is 6.42. The molecule has 3 rings (SSSR count). The smallest absolute Gasteiger partial charge is 0.339 e. The molecule has 2 heterocycles. The lowest BCUT2D eigenvalue weighted by Crippen LogP contribution is -2.24. The molecular formula is C12H9N5O2S. The number of carbonyl (C=O) groups is 1. The van der Waals surface area contributed by atoms with E-state index >= 15 is 0 Å². The Bertz CT molecular complexity index is 750. The number of nitrogens with zero attached hydrogens (tertiary/aromatic N) is 3. The van der Waals surface area contributed by atoms with Crippen LogP contribution in [-0.4, -0.2) is 21.0 Å². The number of urea groups is 1. The van der Waals surface area contributed by atoms with Crippen LogP contribution in [-0.2, 0) is 0 Å². The van der Waals surface area contributed by atoms with Gasteiger partial charge in [0.15, 0.2) is 0 Å². The number of amides is 2. The van der Waals surface area contributed by atoms with Crippen LogP contribution in [0.3, 0.4) is 0 Å². The Morgan fingerprint density at radius 1 is 1.30 bits per heavy atom. The van der Waals surface area contributed by atoms with Gasteiger partial charge in [-0.1, -0.05) is 6.07 Å². The fraction of sp³-hybridized carbons (Fsp3) is 0. The minimum Gasteiger partial charge on any atom is -0.463 e. The normalized spacial score (nSPS) is 11.0. The summed E-state index contributed by atoms with van der Waals surface area (Å²) >= 11 is 1.10. The SMILES string of the molecule is O=C(N/N=C\c1ccco1)Nc1cccc2nsnc12. The van der Waals surface area contributed by atoms with Gasteiger partial charge in [-0.25, -0.2) is 10.2 Å². The number of hydrogen-bond acceptors (Lipinski definition) is 6. The van der Waals surface area contributed by atoms with Gasteiger partial charge in [0.2, 0.25) is 0 Å². The predicted molar refractivity (Wildman–Crippen MR) is 75.9 cm³/mol. The minimum absolute atomic E-state index is 0.465. The zero-order valence-electron chi connectivity index (χ0n) is 10.1. The quantitative estimate of drug-likeness (QED) is 0.571. The lowest BCUT2D eigenvalue weighted by molar-refractivity contribution is 0.252. The second-order valence-electron chi connectivity index (χ2n) is 3.78. The fourth-order valence-electron chi connectivity index (χ4n) is 1.58. The number of anilines is 1. The second-order valence-corrected chi connectivity index (χ2v) is 4.31. The number of aromatic nitrogens is 2. The van der Waals surface area contributed by atoms with Crippen molar-refractivity contribution in [2.45, 2.75) is 0 Å². The van der Waals surface area contributed by atoms with Crippen molar-refractivity contribution in [1.82, 2.24) is 14.2 Å². The maximum absolute atomic E-state index is 11.7. The third-order valence-electron chi connectivity index (χ3n) is 2.44. The van der Waals surface area contributed by atoms with E-state index in [1.165, 1.54) is 12.5 Å². The first-order valence-electron chi connectivity index (χ1n) is 5.68. The van der Waals surface area contributed by atoms with Gasteiger partial charge in [-0.15, -0.1) is 0 Å². The van der Waals surface area contributed by atoms with Crippen LogP contribution in [0, 0.1) is 0 Å². The van der Waals surface area contributed by atoms with E-state index in [1.54, 1.807) is 24.3 Å². The van der Waals surface area contributed by atoms with E-state index < -0.39 is 6.03 Å². The molecular weight excluding hydrogens is 278 g/mol. The molecule has 0 fully saturated rings. The third kappa shape index (κ3) is 2.64. The van der Waals surface area contributed by atoms with Crippen LogP contribution in [0.1, 0.15) is 5.76 Å². The summed E-state index contributed by atoms with van der Waals surface area (Å²) in [6.45, 7) is 0. The summed E-state index contributed by atoms with van der Waals surface area (Å²) in [5.74, 6) is 0.552. The van der Waals surface area contributed by atoms with Gasteiger partial charge in [-0.3, -0.25) is 0 Å². The number of furan rings is 1. The number of rotatable bonds is 3. The Labute approximate surface area is 117 Å². The summed E-state index contributed by atoms with van der Waals surface area (Å²) in [4.78, 5) is 11.7. The maximum atomic E-state index is 11.7. The highest BCUT2D eigenvalue weighted by Crippen LogP contribution is 2.20. The maximum Gasteiger partial charge on any atom is 0.339 e. The first-order valence-corrected chi connectivity index (χ1v) is 6.41. The van der Waals surface area contributed by atoms with Gasteiger partial charge < -0.3 is 9.73 Å². The average Bonchev–Trinajstić information content (AvgIpc) is 3.09. The van der Waals surface area contributed by atoms with E-state index in [2.05, 4.69) is 24.6 Å². The van der Waals surface area contributed by atoms with Gasteiger partial charge in [0.05, 0.1) is 29.9 Å². The van der Waals surface area contributed by atoms with Gasteiger partial charge in [-0.05, 0) is 24.3 Å². The Morgan fingerprint density at radius 3 is 3.10 bits per heavy atom. The van der Waals surface area contributed by atoms with Crippen LogP contribution in [0.2, 0.25) is 0 Å². The molecule has 0 saturated heterocycles. The largest absolute Gasteiger partial charge is 0.463 e. The molecule has 1 aromatic carbocycles. The number of hydrazone groups is 1. The molecule has 7 nitrogen and oxygen atoms in total. The Balaban J connectivity index is 1.65. The van der Waals surface area contributed by atoms with Crippen molar-refractivity contribution in [1.29, 1.82) is 0 Å². The average molecular weight is 287 g/mol. The molecule has 0 aliphatic rings. The van der Waals surface area contributed by atoms with Crippen LogP contribution in [0.4, 0.5) is 10.5 Å². The van der Waals surface area contributed by atoms with Crippen LogP contribution in [0.5, 0.6) is 0 Å². The van der Waals surface area contributed by atoms with Gasteiger partial charge in [0, 0.05) is 0 Å². The van der Waals surface area contributed by atoms with Crippen LogP contribution < -0.4 is 10.7 Å². The highest BCUT2D eigenvalue weighted by atomic mass is 32.1. The lowest BCUT2D eigenvalue weighted by Gasteiger charge is -2.03. The molecule has 0 saturated carbocycles. The van der Waals surface area contributed by atoms with E-state index in [-0.39, 0.29) is 0 Å². The molecule has 0 unspecified atom stereocenters. The summed E-state index contributed by atoms with van der Waals surface area (Å²) in [7, 11) is 0. The summed E-state index contributed by atoms with van der Waals surface area (Å²) in [5.41, 5.74) is 4.32. The lowest BCUT2D eigenvalue weighted by atomic mass is 10.2. The van der Waals surface area contributed by atoms with Crippen molar-refractivity contribution in [2.24, 2.45) is 5.10 Å². The number of hydrogen-bond donors (Lipinski definition) is 2. The van der Waals surface area contributed by atoms with Crippen molar-refractivity contribution in [3.8, 4) is 0 Å². The monoisotopic (exact) mass is 287 g/mol. The van der Waals surface area contributed by atoms with E-state index in [1.807, 2.05) is 6.07 Å². The van der Waals surface area contributed by atoms with Crippen molar-refractivity contribution in [2.75, 3.05) is 5.32 Å². The van der Waals surface area contributed by atoms with Crippen LogP contribution in [0.15, 0.2) is 46.1 Å². The molecule has 0 radical (unpaired) electrons. The van der Waals surface area contributed by atoms with E-state index in [0.717, 1.165) is 17.2 Å². The van der Waals surface area contributed by atoms with Gasteiger partial charge in [0.25, 0.3) is 0 Å². The molecule has 0 spiro atoms. The minimum atomic E-state index is -0.465. The zero-order chi connectivity index (χ0) is 13.8. The van der Waals surface area contributed by atoms with E-state index in [0.29, 0.717) is 17.0 Å². The van der Waals surface area contributed by atoms with E-state index in [4.69, 9.17) is 4.42 Å². The van der Waals surface area contributed by atoms with Crippen molar-refractivity contribution < 1.29 is 9.21 Å². The van der Waals surface area contributed by atoms with Gasteiger partial charge in [-0.2, -0.15) is 13.8 Å². The van der Waals surface area contributed by atoms with Crippen LogP contribution >= 0.6 is 11.7 Å². The number of benzene rings is 1. The van der Waals surface area contributed by atoms with Crippen molar-refractivity contribution >= 4 is 40.7 Å². The molecule has 2 aromatic heterocycles. The standard InChI is InChI=1S/C12H9N5O2S/c18-12(15-13-7-8-3-2-6-19-8)14-9-4-1-5-10-11(9)17-20-16-10/h1-7H,(H2,14,15,18)/b13-7-. The number of carbonyl (C=O) groups excluding carboxylic acids is 1. The fourth-order valence-corrected chi connectivity index (χ4v) is 2.13. The summed E-state index contributed by atoms with van der Waals surface area (Å²) < 4.78 is 13.3. The molecule has 2 amide bonds. The molecule has 0 aliphatic carbocycles. The molecule has 8 heteroatoms. The predicted octanol–water partition coefficient (Wildman–Crippen LogP) is 2.44. The van der Waals surface area contributed by atoms with Gasteiger partial charge >= 0.3 is 6.03 Å². The van der Waals surface area contributed by atoms with Crippen LogP contribution in [0.25, 0.3) is 11.0 Å². The number of fused-ring (bicyclic) bond motifs is 1. The van der Waals surface area contributed by atoms with E-state index in [9.17, 15) is 4.79 Å². The molecule has 20 heavy (non-hydrogen) atoms. The highest BCUT2D eigenvalue weighted by Gasteiger charge is 2.07. The third-order valence-corrected chi connectivity index (χ3v) is 2.98. The molecule has 3 aromatic rings.